The fourth-order valence-electron chi connectivity index (χ4n) is 1.19. The van der Waals surface area contributed by atoms with Gasteiger partial charge in [0.25, 0.3) is 0 Å². The van der Waals surface area contributed by atoms with Crippen molar-refractivity contribution >= 4 is 39.7 Å². The SMILES string of the molecule is CC(C)CN(C)c1nc(Cl)c(CCl)s1. The van der Waals surface area contributed by atoms with Crippen LogP contribution in [0, 0.1) is 5.92 Å². The number of hydrogen-bond donors (Lipinski definition) is 0. The molecule has 0 fully saturated rings. The molecule has 14 heavy (non-hydrogen) atoms. The topological polar surface area (TPSA) is 16.1 Å². The minimum absolute atomic E-state index is 0.437. The highest BCUT2D eigenvalue weighted by molar-refractivity contribution is 7.16. The Labute approximate surface area is 98.8 Å². The van der Waals surface area contributed by atoms with Gasteiger partial charge in [-0.2, -0.15) is 0 Å². The lowest BCUT2D eigenvalue weighted by molar-refractivity contribution is 0.637. The Morgan fingerprint density at radius 1 is 1.50 bits per heavy atom. The minimum Gasteiger partial charge on any atom is -0.351 e. The van der Waals surface area contributed by atoms with Crippen molar-refractivity contribution in [3.63, 3.8) is 0 Å². The van der Waals surface area contributed by atoms with Crippen molar-refractivity contribution in [2.75, 3.05) is 18.5 Å². The van der Waals surface area contributed by atoms with E-state index >= 15 is 0 Å². The number of anilines is 1. The summed E-state index contributed by atoms with van der Waals surface area (Å²) in [5.41, 5.74) is 0. The molecule has 0 bridgehead atoms. The Kier molecular flexibility index (Phi) is 4.48. The van der Waals surface area contributed by atoms with Crippen molar-refractivity contribution in [2.45, 2.75) is 19.7 Å². The smallest absolute Gasteiger partial charge is 0.186 e. The van der Waals surface area contributed by atoms with E-state index in [0.717, 1.165) is 16.6 Å². The second-order valence-electron chi connectivity index (χ2n) is 3.62. The van der Waals surface area contributed by atoms with Crippen molar-refractivity contribution in [2.24, 2.45) is 5.92 Å². The lowest BCUT2D eigenvalue weighted by Crippen LogP contribution is -2.22. The number of hydrogen-bond acceptors (Lipinski definition) is 3. The molecule has 0 aliphatic carbocycles. The largest absolute Gasteiger partial charge is 0.351 e. The van der Waals surface area contributed by atoms with Gasteiger partial charge in [0.05, 0.1) is 10.8 Å². The number of halogens is 2. The first-order valence-electron chi connectivity index (χ1n) is 4.47. The fraction of sp³-hybridized carbons (Fsp3) is 0.667. The van der Waals surface area contributed by atoms with Crippen molar-refractivity contribution in [1.29, 1.82) is 0 Å². The normalized spacial score (nSPS) is 11.0. The van der Waals surface area contributed by atoms with Gasteiger partial charge in [0.1, 0.15) is 5.15 Å². The quantitative estimate of drug-likeness (QED) is 0.762. The van der Waals surface area contributed by atoms with Crippen molar-refractivity contribution in [3.05, 3.63) is 10.0 Å². The maximum atomic E-state index is 5.91. The summed E-state index contributed by atoms with van der Waals surface area (Å²) >= 11 is 13.2. The summed E-state index contributed by atoms with van der Waals surface area (Å²) < 4.78 is 0. The highest BCUT2D eigenvalue weighted by Crippen LogP contribution is 2.30. The molecule has 0 aliphatic rings. The van der Waals surface area contributed by atoms with E-state index in [9.17, 15) is 0 Å². The van der Waals surface area contributed by atoms with E-state index < -0.39 is 0 Å². The van der Waals surface area contributed by atoms with E-state index in [-0.39, 0.29) is 0 Å². The molecule has 0 spiro atoms. The summed E-state index contributed by atoms with van der Waals surface area (Å²) in [6.45, 7) is 5.33. The van der Waals surface area contributed by atoms with Crippen LogP contribution < -0.4 is 4.90 Å². The van der Waals surface area contributed by atoms with Crippen LogP contribution in [0.3, 0.4) is 0 Å². The van der Waals surface area contributed by atoms with Gasteiger partial charge in [-0.05, 0) is 5.92 Å². The molecule has 0 unspecified atom stereocenters. The highest BCUT2D eigenvalue weighted by Gasteiger charge is 2.12. The third-order valence-electron chi connectivity index (χ3n) is 1.73. The summed E-state index contributed by atoms with van der Waals surface area (Å²) in [5.74, 6) is 1.05. The van der Waals surface area contributed by atoms with E-state index in [0.29, 0.717) is 17.0 Å². The molecule has 0 N–H and O–H groups in total. The van der Waals surface area contributed by atoms with E-state index in [4.69, 9.17) is 23.2 Å². The highest BCUT2D eigenvalue weighted by atomic mass is 35.5. The Morgan fingerprint density at radius 2 is 2.14 bits per heavy atom. The zero-order valence-corrected chi connectivity index (χ0v) is 10.9. The molecule has 0 aliphatic heterocycles. The van der Waals surface area contributed by atoms with Gasteiger partial charge in [-0.15, -0.1) is 11.6 Å². The summed E-state index contributed by atoms with van der Waals surface area (Å²) in [5, 5.41) is 1.48. The molecule has 1 aromatic heterocycles. The van der Waals surface area contributed by atoms with E-state index in [1.165, 1.54) is 0 Å². The van der Waals surface area contributed by atoms with E-state index in [1.54, 1.807) is 11.3 Å². The van der Waals surface area contributed by atoms with Crippen LogP contribution >= 0.6 is 34.5 Å². The van der Waals surface area contributed by atoms with Gasteiger partial charge in [-0.1, -0.05) is 36.8 Å². The van der Waals surface area contributed by atoms with E-state index in [2.05, 4.69) is 23.7 Å². The summed E-state index contributed by atoms with van der Waals surface area (Å²) in [6.07, 6.45) is 0. The Bertz CT molecular complexity index is 299. The Morgan fingerprint density at radius 3 is 2.57 bits per heavy atom. The molecule has 0 saturated carbocycles. The molecule has 80 valence electrons. The summed E-state index contributed by atoms with van der Waals surface area (Å²) in [7, 11) is 2.02. The molecule has 0 atom stereocenters. The first-order chi connectivity index (χ1) is 6.54. The number of nitrogens with zero attached hydrogens (tertiary/aromatic N) is 2. The lowest BCUT2D eigenvalue weighted by Gasteiger charge is -2.17. The first-order valence-corrected chi connectivity index (χ1v) is 6.19. The van der Waals surface area contributed by atoms with Crippen LogP contribution in [0.2, 0.25) is 5.15 Å². The number of aromatic nitrogens is 1. The molecule has 0 saturated heterocycles. The Balaban J connectivity index is 2.75. The zero-order valence-electron chi connectivity index (χ0n) is 8.55. The first kappa shape index (κ1) is 12.1. The molecule has 0 amide bonds. The van der Waals surface area contributed by atoms with Crippen LogP contribution in [0.15, 0.2) is 0 Å². The second kappa shape index (κ2) is 5.19. The van der Waals surface area contributed by atoms with Crippen LogP contribution in [-0.4, -0.2) is 18.6 Å². The predicted molar refractivity (Wildman–Crippen MR) is 64.8 cm³/mol. The van der Waals surface area contributed by atoms with Gasteiger partial charge in [-0.3, -0.25) is 0 Å². The number of alkyl halides is 1. The maximum absolute atomic E-state index is 5.91. The molecular weight excluding hydrogens is 239 g/mol. The molecular formula is C9H14Cl2N2S. The van der Waals surface area contributed by atoms with Crippen molar-refractivity contribution in [3.8, 4) is 0 Å². The number of thiazole rings is 1. The third kappa shape index (κ3) is 3.01. The zero-order chi connectivity index (χ0) is 10.7. The molecule has 1 heterocycles. The minimum atomic E-state index is 0.437. The van der Waals surface area contributed by atoms with Crippen molar-refractivity contribution in [1.82, 2.24) is 4.98 Å². The molecule has 5 heteroatoms. The van der Waals surface area contributed by atoms with Gasteiger partial charge >= 0.3 is 0 Å². The Hall–Kier alpha value is 0.01000. The molecule has 0 aromatic carbocycles. The predicted octanol–water partition coefficient (Wildman–Crippen LogP) is 3.63. The van der Waals surface area contributed by atoms with Crippen LogP contribution in [0.1, 0.15) is 18.7 Å². The molecule has 1 aromatic rings. The second-order valence-corrected chi connectivity index (χ2v) is 5.31. The van der Waals surface area contributed by atoms with Crippen LogP contribution in [0.4, 0.5) is 5.13 Å². The third-order valence-corrected chi connectivity index (χ3v) is 3.75. The van der Waals surface area contributed by atoms with Gasteiger partial charge in [0.15, 0.2) is 5.13 Å². The van der Waals surface area contributed by atoms with Crippen molar-refractivity contribution < 1.29 is 0 Å². The van der Waals surface area contributed by atoms with Crippen LogP contribution in [0.5, 0.6) is 0 Å². The van der Waals surface area contributed by atoms with Gasteiger partial charge < -0.3 is 4.90 Å². The van der Waals surface area contributed by atoms with Crippen LogP contribution in [0.25, 0.3) is 0 Å². The molecule has 0 radical (unpaired) electrons. The monoisotopic (exact) mass is 252 g/mol. The fourth-order valence-corrected chi connectivity index (χ4v) is 2.64. The van der Waals surface area contributed by atoms with E-state index in [1.807, 2.05) is 7.05 Å². The molecule has 1 rings (SSSR count). The van der Waals surface area contributed by atoms with Gasteiger partial charge in [0.2, 0.25) is 0 Å². The maximum Gasteiger partial charge on any atom is 0.186 e. The average molecular weight is 253 g/mol. The standard InChI is InChI=1S/C9H14Cl2N2S/c1-6(2)5-13(3)9-12-8(11)7(4-10)14-9/h6H,4-5H2,1-3H3. The number of rotatable bonds is 4. The van der Waals surface area contributed by atoms with Gasteiger partial charge in [0, 0.05) is 13.6 Å². The molecule has 2 nitrogen and oxygen atoms in total. The van der Waals surface area contributed by atoms with Gasteiger partial charge in [-0.25, -0.2) is 4.98 Å². The lowest BCUT2D eigenvalue weighted by atomic mass is 10.2. The summed E-state index contributed by atoms with van der Waals surface area (Å²) in [4.78, 5) is 7.31. The van der Waals surface area contributed by atoms with Crippen LogP contribution in [-0.2, 0) is 5.88 Å². The average Bonchev–Trinajstić information content (AvgIpc) is 2.45. The summed E-state index contributed by atoms with van der Waals surface area (Å²) in [6, 6.07) is 0.